The maximum Gasteiger partial charge on any atom is 0.252 e. The highest BCUT2D eigenvalue weighted by Crippen LogP contribution is 2.46. The molecule has 0 aliphatic heterocycles. The van der Waals surface area contributed by atoms with Crippen LogP contribution in [0.15, 0.2) is 158 Å². The molecule has 2 unspecified atom stereocenters. The second kappa shape index (κ2) is 20.4. The van der Waals surface area contributed by atoms with E-state index in [1.807, 2.05) is 82.3 Å². The molecule has 0 radical (unpaired) electrons. The Balaban J connectivity index is 0.000000207. The average Bonchev–Trinajstić information content (AvgIpc) is 3.97. The predicted molar refractivity (Wildman–Crippen MR) is 254 cm³/mol. The van der Waals surface area contributed by atoms with Gasteiger partial charge in [-0.3, -0.25) is 14.5 Å². The highest BCUT2D eigenvalue weighted by molar-refractivity contribution is 5.98. The Morgan fingerprint density at radius 3 is 1.23 bits per heavy atom. The smallest absolute Gasteiger partial charge is 0.252 e. The van der Waals surface area contributed by atoms with Gasteiger partial charge in [-0.05, 0) is 97.9 Å². The first-order valence-electron chi connectivity index (χ1n) is 22.5. The lowest BCUT2D eigenvalue weighted by atomic mass is 9.80. The van der Waals surface area contributed by atoms with Crippen molar-refractivity contribution in [3.63, 3.8) is 0 Å². The Morgan fingerprint density at radius 1 is 0.484 bits per heavy atom. The minimum atomic E-state index is -0.367. The van der Waals surface area contributed by atoms with E-state index in [0.717, 1.165) is 103 Å². The number of hydrogen-bond acceptors (Lipinski definition) is 4. The molecular formula is C56H64N4O2. The molecule has 2 aliphatic rings. The van der Waals surface area contributed by atoms with E-state index in [1.165, 1.54) is 16.7 Å². The number of carbonyl (C=O) groups is 2. The molecule has 0 aromatic heterocycles. The summed E-state index contributed by atoms with van der Waals surface area (Å²) in [5, 5.41) is 6.84. The lowest BCUT2D eigenvalue weighted by Gasteiger charge is -2.47. The number of benzene rings is 6. The van der Waals surface area contributed by atoms with Gasteiger partial charge in [0.1, 0.15) is 0 Å². The molecule has 62 heavy (non-hydrogen) atoms. The van der Waals surface area contributed by atoms with Crippen LogP contribution in [0.4, 0.5) is 0 Å². The van der Waals surface area contributed by atoms with Gasteiger partial charge in [0.15, 0.2) is 0 Å². The molecule has 6 heteroatoms. The number of carbonyl (C=O) groups excluding carboxylic acids is 2. The van der Waals surface area contributed by atoms with Crippen LogP contribution in [0.5, 0.6) is 0 Å². The number of nitrogens with one attached hydrogen (secondary N) is 2. The highest BCUT2D eigenvalue weighted by Gasteiger charge is 2.47. The van der Waals surface area contributed by atoms with Crippen molar-refractivity contribution in [3.05, 3.63) is 213 Å². The summed E-state index contributed by atoms with van der Waals surface area (Å²) in [6.07, 6.45) is 8.53. The van der Waals surface area contributed by atoms with E-state index in [4.69, 9.17) is 5.73 Å². The summed E-state index contributed by atoms with van der Waals surface area (Å²) in [6.45, 7) is 9.68. The zero-order chi connectivity index (χ0) is 43.5. The van der Waals surface area contributed by atoms with Crippen molar-refractivity contribution in [2.24, 2.45) is 5.73 Å². The van der Waals surface area contributed by atoms with Gasteiger partial charge in [0.25, 0.3) is 11.8 Å². The fourth-order valence-electron chi connectivity index (χ4n) is 10.2. The number of nitrogens with zero attached hydrogens (tertiary/aromatic N) is 1. The molecule has 0 saturated heterocycles. The van der Waals surface area contributed by atoms with Gasteiger partial charge in [0.05, 0.1) is 12.1 Å². The molecule has 2 fully saturated rings. The van der Waals surface area contributed by atoms with E-state index in [1.54, 1.807) is 0 Å². The molecule has 6 nitrogen and oxygen atoms in total. The van der Waals surface area contributed by atoms with Gasteiger partial charge < -0.3 is 16.4 Å². The number of aryl methyl sites for hydroxylation is 4. The molecule has 6 aromatic carbocycles. The Bertz CT molecular complexity index is 2290. The fourth-order valence-corrected chi connectivity index (χ4v) is 10.2. The monoisotopic (exact) mass is 825 g/mol. The van der Waals surface area contributed by atoms with Gasteiger partial charge in [0.2, 0.25) is 0 Å². The van der Waals surface area contributed by atoms with Crippen LogP contribution in [0, 0.1) is 27.7 Å². The SMILES string of the molecule is Cc1cccc(C)c1C(=O)NC(c1ccccc1)C1(N(Cc2ccccc2)Cc2ccccc2)CCCC1.Cc1cccc(C)c1C(=O)NC(c1ccccc1)C1(N)CCCC1. The summed E-state index contributed by atoms with van der Waals surface area (Å²) >= 11 is 0. The van der Waals surface area contributed by atoms with Gasteiger partial charge in [-0.15, -0.1) is 0 Å². The fraction of sp³-hybridized carbons (Fsp3) is 0.321. The first-order chi connectivity index (χ1) is 30.1. The Labute approximate surface area is 370 Å². The number of rotatable bonds is 13. The van der Waals surface area contributed by atoms with Gasteiger partial charge in [-0.2, -0.15) is 0 Å². The summed E-state index contributed by atoms with van der Waals surface area (Å²) in [7, 11) is 0. The van der Waals surface area contributed by atoms with Crippen molar-refractivity contribution in [2.75, 3.05) is 0 Å². The van der Waals surface area contributed by atoms with Crippen LogP contribution in [-0.2, 0) is 13.1 Å². The van der Waals surface area contributed by atoms with Gasteiger partial charge >= 0.3 is 0 Å². The molecule has 320 valence electrons. The summed E-state index contributed by atoms with van der Waals surface area (Å²) in [6, 6.07) is 53.9. The van der Waals surface area contributed by atoms with Crippen molar-refractivity contribution in [3.8, 4) is 0 Å². The molecule has 0 heterocycles. The van der Waals surface area contributed by atoms with E-state index in [-0.39, 0.29) is 35.0 Å². The summed E-state index contributed by atoms with van der Waals surface area (Å²) in [5.74, 6) is -0.0173. The molecular weight excluding hydrogens is 761 g/mol. The Kier molecular flexibility index (Phi) is 14.5. The summed E-state index contributed by atoms with van der Waals surface area (Å²) < 4.78 is 0. The largest absolute Gasteiger partial charge is 0.343 e. The zero-order valence-corrected chi connectivity index (χ0v) is 37.1. The first-order valence-corrected chi connectivity index (χ1v) is 22.5. The Hall–Kier alpha value is -5.82. The minimum Gasteiger partial charge on any atom is -0.343 e. The quantitative estimate of drug-likeness (QED) is 0.108. The van der Waals surface area contributed by atoms with Crippen molar-refractivity contribution >= 4 is 11.8 Å². The molecule has 0 bridgehead atoms. The van der Waals surface area contributed by atoms with E-state index < -0.39 is 0 Å². The third-order valence-corrected chi connectivity index (χ3v) is 13.4. The van der Waals surface area contributed by atoms with Crippen LogP contribution in [0.2, 0.25) is 0 Å². The number of amides is 2. The lowest BCUT2D eigenvalue weighted by Crippen LogP contribution is -2.55. The molecule has 2 aliphatic carbocycles. The number of hydrogen-bond donors (Lipinski definition) is 3. The van der Waals surface area contributed by atoms with Crippen molar-refractivity contribution in [2.45, 2.75) is 115 Å². The lowest BCUT2D eigenvalue weighted by molar-refractivity contribution is 0.0352. The van der Waals surface area contributed by atoms with Gasteiger partial charge in [-0.1, -0.05) is 183 Å². The van der Waals surface area contributed by atoms with E-state index >= 15 is 0 Å². The minimum absolute atomic E-state index is 0.0140. The van der Waals surface area contributed by atoms with Crippen LogP contribution in [0.1, 0.15) is 129 Å². The maximum atomic E-state index is 14.0. The molecule has 2 atom stereocenters. The Morgan fingerprint density at radius 2 is 0.823 bits per heavy atom. The van der Waals surface area contributed by atoms with Crippen molar-refractivity contribution in [1.82, 2.24) is 15.5 Å². The summed E-state index contributed by atoms with van der Waals surface area (Å²) in [4.78, 5) is 29.6. The van der Waals surface area contributed by atoms with Crippen LogP contribution >= 0.6 is 0 Å². The summed E-state index contributed by atoms with van der Waals surface area (Å²) in [5.41, 5.74) is 16.6. The van der Waals surface area contributed by atoms with E-state index in [9.17, 15) is 9.59 Å². The third kappa shape index (κ3) is 10.3. The molecule has 0 spiro atoms. The zero-order valence-electron chi connectivity index (χ0n) is 37.1. The van der Waals surface area contributed by atoms with Crippen LogP contribution < -0.4 is 16.4 Å². The maximum absolute atomic E-state index is 14.0. The van der Waals surface area contributed by atoms with Crippen LogP contribution in [0.25, 0.3) is 0 Å². The first kappa shape index (κ1) is 44.2. The number of nitrogens with two attached hydrogens (primary N) is 1. The topological polar surface area (TPSA) is 87.5 Å². The normalized spacial score (nSPS) is 16.2. The van der Waals surface area contributed by atoms with Crippen molar-refractivity contribution < 1.29 is 9.59 Å². The average molecular weight is 825 g/mol. The molecule has 2 amide bonds. The predicted octanol–water partition coefficient (Wildman–Crippen LogP) is 11.8. The van der Waals surface area contributed by atoms with Crippen LogP contribution in [0.3, 0.4) is 0 Å². The highest BCUT2D eigenvalue weighted by atomic mass is 16.2. The molecule has 8 rings (SSSR count). The van der Waals surface area contributed by atoms with Gasteiger partial charge in [-0.25, -0.2) is 0 Å². The van der Waals surface area contributed by atoms with Crippen LogP contribution in [-0.4, -0.2) is 27.8 Å². The molecule has 6 aromatic rings. The van der Waals surface area contributed by atoms with E-state index in [2.05, 4.69) is 119 Å². The second-order valence-corrected chi connectivity index (χ2v) is 17.7. The van der Waals surface area contributed by atoms with Crippen molar-refractivity contribution in [1.29, 1.82) is 0 Å². The third-order valence-electron chi connectivity index (χ3n) is 13.4. The standard InChI is InChI=1S/C35H38N2O.C21H26N2O/c1-27-15-14-16-28(2)32(27)34(38)36-33(31-21-10-5-11-22-31)35(23-12-13-24-35)37(25-29-17-6-3-7-18-29)26-30-19-8-4-9-20-30;1-15-9-8-10-16(2)18(15)20(24)23-19(17-11-4-3-5-12-17)21(22)13-6-7-14-21/h3-11,14-22,33H,12-13,23-26H2,1-2H3,(H,36,38);3-5,8-12,19H,6-7,13-14,22H2,1-2H3,(H,23,24). The second-order valence-electron chi connectivity index (χ2n) is 17.7. The van der Waals surface area contributed by atoms with Gasteiger partial charge in [0, 0.05) is 35.3 Å². The molecule has 2 saturated carbocycles. The molecule has 4 N–H and O–H groups in total. The van der Waals surface area contributed by atoms with E-state index in [0.29, 0.717) is 0 Å².